The number of amides is 1. The summed E-state index contributed by atoms with van der Waals surface area (Å²) in [7, 11) is 0. The Hall–Kier alpha value is -4.58. The van der Waals surface area contributed by atoms with Gasteiger partial charge in [0.25, 0.3) is 0 Å². The van der Waals surface area contributed by atoms with Crippen LogP contribution in [0.1, 0.15) is 39.3 Å². The maximum absolute atomic E-state index is 15.0. The van der Waals surface area contributed by atoms with Crippen LogP contribution >= 0.6 is 11.6 Å². The van der Waals surface area contributed by atoms with E-state index >= 15 is 4.39 Å². The zero-order valence-electron chi connectivity index (χ0n) is 23.5. The van der Waals surface area contributed by atoms with Crippen LogP contribution in [0.15, 0.2) is 48.0 Å². The van der Waals surface area contributed by atoms with E-state index in [-0.39, 0.29) is 68.9 Å². The van der Waals surface area contributed by atoms with Crippen LogP contribution in [-0.4, -0.2) is 65.6 Å². The number of benzene rings is 1. The van der Waals surface area contributed by atoms with Gasteiger partial charge in [-0.1, -0.05) is 38.1 Å². The van der Waals surface area contributed by atoms with Gasteiger partial charge in [0, 0.05) is 25.2 Å². The highest BCUT2D eigenvalue weighted by Gasteiger charge is 2.34. The number of halogens is 2. The summed E-state index contributed by atoms with van der Waals surface area (Å²) < 4.78 is 16.2. The van der Waals surface area contributed by atoms with Gasteiger partial charge in [-0.05, 0) is 44.0 Å². The summed E-state index contributed by atoms with van der Waals surface area (Å²) in [5.41, 5.74) is 6.04. The third-order valence-electron chi connectivity index (χ3n) is 7.39. The molecule has 5 rings (SSSR count). The van der Waals surface area contributed by atoms with Crippen LogP contribution in [0.5, 0.6) is 5.75 Å². The van der Waals surface area contributed by atoms with Crippen molar-refractivity contribution in [1.29, 1.82) is 0 Å². The zero-order chi connectivity index (χ0) is 30.5. The van der Waals surface area contributed by atoms with Crippen molar-refractivity contribution < 1.29 is 14.3 Å². The van der Waals surface area contributed by atoms with Gasteiger partial charge in [-0.15, -0.1) is 0 Å². The standard InChI is InChI=1S/C29H30ClFN8O3/c1-6-21(41)37-11-16(5)38(12-15(37)4)27-17-10-18(30)24(22-19(31)8-7-9-20(22)40)35-28(17)39(29(42)36-27)25-23(14(2)3)33-13-34-26(25)32/h6-10,13-16,40H,1,11-12H2,2-5H3,(H2,32,33,34). The maximum Gasteiger partial charge on any atom is 0.356 e. The summed E-state index contributed by atoms with van der Waals surface area (Å²) in [6, 6.07) is 4.92. The normalized spacial score (nSPS) is 17.2. The molecular weight excluding hydrogens is 563 g/mol. The van der Waals surface area contributed by atoms with Crippen molar-refractivity contribution in [3.8, 4) is 22.7 Å². The lowest BCUT2D eigenvalue weighted by molar-refractivity contribution is -0.128. The number of nitrogens with zero attached hydrogens (tertiary/aromatic N) is 7. The molecule has 2 unspecified atom stereocenters. The van der Waals surface area contributed by atoms with Crippen molar-refractivity contribution in [2.75, 3.05) is 23.7 Å². The van der Waals surface area contributed by atoms with Gasteiger partial charge in [-0.25, -0.2) is 28.7 Å². The number of piperazine rings is 1. The van der Waals surface area contributed by atoms with Crippen LogP contribution in [0.3, 0.4) is 0 Å². The first-order chi connectivity index (χ1) is 19.9. The van der Waals surface area contributed by atoms with E-state index in [1.54, 1.807) is 4.90 Å². The fraction of sp³-hybridized carbons (Fsp3) is 0.310. The summed E-state index contributed by atoms with van der Waals surface area (Å²) in [6.45, 7) is 11.9. The van der Waals surface area contributed by atoms with Gasteiger partial charge in [0.15, 0.2) is 11.5 Å². The largest absolute Gasteiger partial charge is 0.507 e. The Morgan fingerprint density at radius 2 is 1.95 bits per heavy atom. The van der Waals surface area contributed by atoms with Gasteiger partial charge in [-0.2, -0.15) is 4.98 Å². The molecule has 1 saturated heterocycles. The highest BCUT2D eigenvalue weighted by atomic mass is 35.5. The summed E-state index contributed by atoms with van der Waals surface area (Å²) in [6.07, 6.45) is 2.58. The minimum absolute atomic E-state index is 0.0252. The number of rotatable bonds is 5. The van der Waals surface area contributed by atoms with Crippen LogP contribution in [0, 0.1) is 5.82 Å². The van der Waals surface area contributed by atoms with Gasteiger partial charge >= 0.3 is 5.69 Å². The number of nitrogen functional groups attached to an aromatic ring is 1. The number of nitrogens with two attached hydrogens (primary N) is 1. The fourth-order valence-corrected chi connectivity index (χ4v) is 5.60. The predicted octanol–water partition coefficient (Wildman–Crippen LogP) is 4.05. The number of hydrogen-bond acceptors (Lipinski definition) is 9. The average Bonchev–Trinajstić information content (AvgIpc) is 2.94. The molecule has 218 valence electrons. The highest BCUT2D eigenvalue weighted by molar-refractivity contribution is 6.34. The second-order valence-electron chi connectivity index (χ2n) is 10.6. The first-order valence-electron chi connectivity index (χ1n) is 13.4. The molecule has 0 spiro atoms. The van der Waals surface area contributed by atoms with Gasteiger partial charge in [0.1, 0.15) is 29.4 Å². The zero-order valence-corrected chi connectivity index (χ0v) is 24.3. The van der Waals surface area contributed by atoms with Crippen molar-refractivity contribution >= 4 is 40.2 Å². The molecule has 2 atom stereocenters. The van der Waals surface area contributed by atoms with E-state index in [0.717, 1.165) is 0 Å². The molecule has 1 amide bonds. The van der Waals surface area contributed by atoms with Crippen LogP contribution in [0.25, 0.3) is 28.0 Å². The highest BCUT2D eigenvalue weighted by Crippen LogP contribution is 2.39. The number of fused-ring (bicyclic) bond motifs is 1. The molecule has 1 aliphatic rings. The molecule has 0 aliphatic carbocycles. The average molecular weight is 593 g/mol. The molecule has 4 aromatic rings. The predicted molar refractivity (Wildman–Crippen MR) is 159 cm³/mol. The molecule has 4 heterocycles. The van der Waals surface area contributed by atoms with Crippen molar-refractivity contribution in [1.82, 2.24) is 29.4 Å². The molecule has 1 fully saturated rings. The minimum atomic E-state index is -0.747. The van der Waals surface area contributed by atoms with Crippen molar-refractivity contribution in [3.63, 3.8) is 0 Å². The lowest BCUT2D eigenvalue weighted by atomic mass is 10.1. The van der Waals surface area contributed by atoms with E-state index in [1.165, 1.54) is 41.2 Å². The minimum Gasteiger partial charge on any atom is -0.507 e. The van der Waals surface area contributed by atoms with Crippen LogP contribution in [-0.2, 0) is 4.79 Å². The Bertz CT molecular complexity index is 1770. The number of aromatic hydroxyl groups is 1. The van der Waals surface area contributed by atoms with E-state index in [0.29, 0.717) is 24.2 Å². The molecule has 11 nitrogen and oxygen atoms in total. The molecule has 42 heavy (non-hydrogen) atoms. The van der Waals surface area contributed by atoms with Crippen LogP contribution in [0.2, 0.25) is 5.02 Å². The van der Waals surface area contributed by atoms with E-state index in [4.69, 9.17) is 17.3 Å². The quantitative estimate of drug-likeness (QED) is 0.328. The topological polar surface area (TPSA) is 143 Å². The number of aromatic nitrogens is 5. The first-order valence-corrected chi connectivity index (χ1v) is 13.7. The van der Waals surface area contributed by atoms with Crippen molar-refractivity contribution in [2.45, 2.75) is 45.7 Å². The van der Waals surface area contributed by atoms with Crippen molar-refractivity contribution in [3.05, 3.63) is 70.3 Å². The summed E-state index contributed by atoms with van der Waals surface area (Å²) >= 11 is 6.71. The number of hydrogen-bond donors (Lipinski definition) is 2. The summed E-state index contributed by atoms with van der Waals surface area (Å²) in [5.74, 6) is -1.16. The van der Waals surface area contributed by atoms with E-state index < -0.39 is 11.5 Å². The number of anilines is 2. The molecule has 3 N–H and O–H groups in total. The molecule has 0 saturated carbocycles. The third-order valence-corrected chi connectivity index (χ3v) is 7.68. The summed E-state index contributed by atoms with van der Waals surface area (Å²) in [5, 5.41) is 10.9. The Morgan fingerprint density at radius 1 is 1.21 bits per heavy atom. The second-order valence-corrected chi connectivity index (χ2v) is 11.0. The third kappa shape index (κ3) is 4.81. The first kappa shape index (κ1) is 28.9. The van der Waals surface area contributed by atoms with E-state index in [1.807, 2.05) is 32.6 Å². The molecule has 0 radical (unpaired) electrons. The Morgan fingerprint density at radius 3 is 2.62 bits per heavy atom. The smallest absolute Gasteiger partial charge is 0.356 e. The fourth-order valence-electron chi connectivity index (χ4n) is 5.35. The molecule has 0 bridgehead atoms. The summed E-state index contributed by atoms with van der Waals surface area (Å²) in [4.78, 5) is 47.6. The van der Waals surface area contributed by atoms with Gasteiger partial charge in [-0.3, -0.25) is 4.79 Å². The molecule has 1 aliphatic heterocycles. The van der Waals surface area contributed by atoms with Gasteiger partial charge in [0.2, 0.25) is 5.91 Å². The molecular formula is C29H30ClFN8O3. The van der Waals surface area contributed by atoms with Crippen molar-refractivity contribution in [2.24, 2.45) is 0 Å². The number of carbonyl (C=O) groups excluding carboxylic acids is 1. The Labute approximate surface area is 246 Å². The number of phenolic OH excluding ortho intramolecular Hbond substituents is 1. The molecule has 3 aromatic heterocycles. The molecule has 13 heteroatoms. The lowest BCUT2D eigenvalue weighted by Crippen LogP contribution is -2.58. The maximum atomic E-state index is 15.0. The monoisotopic (exact) mass is 592 g/mol. The number of carbonyl (C=O) groups is 1. The Balaban J connectivity index is 1.85. The SMILES string of the molecule is C=CC(=O)N1CC(C)N(c2nc(=O)n(-c3c(N)ncnc3C(C)C)c3nc(-c4c(O)cccc4F)c(Cl)cc23)CC1C. The van der Waals surface area contributed by atoms with E-state index in [2.05, 4.69) is 26.5 Å². The number of pyridine rings is 1. The van der Waals surface area contributed by atoms with E-state index in [9.17, 15) is 14.7 Å². The van der Waals surface area contributed by atoms with Crippen LogP contribution in [0.4, 0.5) is 16.0 Å². The van der Waals surface area contributed by atoms with Crippen LogP contribution < -0.4 is 16.3 Å². The molecule has 1 aromatic carbocycles. The van der Waals surface area contributed by atoms with Gasteiger partial charge in [0.05, 0.1) is 27.4 Å². The second kappa shape index (κ2) is 11.0. The van der Waals surface area contributed by atoms with Gasteiger partial charge < -0.3 is 20.6 Å². The Kier molecular flexibility index (Phi) is 7.58. The lowest BCUT2D eigenvalue weighted by Gasteiger charge is -2.44. The number of phenols is 1.